The summed E-state index contributed by atoms with van der Waals surface area (Å²) in [6.07, 6.45) is 0. The molecule has 4 heteroatoms. The van der Waals surface area contributed by atoms with Crippen molar-refractivity contribution < 1.29 is 4.79 Å². The summed E-state index contributed by atoms with van der Waals surface area (Å²) in [5.74, 6) is 0. The van der Waals surface area contributed by atoms with Crippen LogP contribution in [0.4, 0.5) is 10.5 Å². The highest BCUT2D eigenvalue weighted by atomic mass is 79.9. The Kier molecular flexibility index (Phi) is 3.97. The summed E-state index contributed by atoms with van der Waals surface area (Å²) >= 11 is 3.43. The summed E-state index contributed by atoms with van der Waals surface area (Å²) in [5.41, 5.74) is 1.69. The zero-order valence-corrected chi connectivity index (χ0v) is 11.6. The molecule has 3 nitrogen and oxygen atoms in total. The highest BCUT2D eigenvalue weighted by Crippen LogP contribution is 2.20. The number of carbonyl (C=O) groups is 1. The molecule has 0 aromatic heterocycles. The van der Waals surface area contributed by atoms with E-state index in [9.17, 15) is 4.79 Å². The number of carbonyl (C=O) groups excluding carboxylic acids is 1. The van der Waals surface area contributed by atoms with Gasteiger partial charge in [-0.25, -0.2) is 4.79 Å². The first-order chi connectivity index (χ1) is 7.28. The maximum absolute atomic E-state index is 11.6. The summed E-state index contributed by atoms with van der Waals surface area (Å²) < 4.78 is 0.987. The summed E-state index contributed by atoms with van der Waals surface area (Å²) in [5, 5.41) is 5.62. The van der Waals surface area contributed by atoms with E-state index in [4.69, 9.17) is 0 Å². The number of anilines is 1. The molecule has 0 fully saturated rings. The fraction of sp³-hybridized carbons (Fsp3) is 0.417. The Morgan fingerprint density at radius 2 is 1.94 bits per heavy atom. The number of urea groups is 1. The number of benzene rings is 1. The van der Waals surface area contributed by atoms with E-state index in [0.29, 0.717) is 0 Å². The van der Waals surface area contributed by atoms with Crippen molar-refractivity contribution in [1.82, 2.24) is 5.32 Å². The molecular weight excluding hydrogens is 268 g/mol. The SMILES string of the molecule is Cc1ccc(NC(=O)NC(C)(C)C)cc1Br. The summed E-state index contributed by atoms with van der Waals surface area (Å²) in [6, 6.07) is 5.53. The molecule has 0 aliphatic carbocycles. The molecule has 0 spiro atoms. The number of rotatable bonds is 1. The Labute approximate surface area is 105 Å². The second-order valence-electron chi connectivity index (χ2n) is 4.79. The zero-order valence-electron chi connectivity index (χ0n) is 10.0. The van der Waals surface area contributed by atoms with Gasteiger partial charge in [0.2, 0.25) is 0 Å². The fourth-order valence-corrected chi connectivity index (χ4v) is 1.55. The molecule has 1 aromatic rings. The molecule has 1 rings (SSSR count). The van der Waals surface area contributed by atoms with Gasteiger partial charge in [-0.15, -0.1) is 0 Å². The third-order valence-electron chi connectivity index (χ3n) is 1.92. The van der Waals surface area contributed by atoms with Crippen LogP contribution in [0.1, 0.15) is 26.3 Å². The van der Waals surface area contributed by atoms with E-state index in [2.05, 4.69) is 26.6 Å². The summed E-state index contributed by atoms with van der Waals surface area (Å²) in [7, 11) is 0. The lowest BCUT2D eigenvalue weighted by atomic mass is 10.1. The van der Waals surface area contributed by atoms with Gasteiger partial charge in [0.05, 0.1) is 0 Å². The number of halogens is 1. The van der Waals surface area contributed by atoms with Crippen LogP contribution in [0.3, 0.4) is 0 Å². The van der Waals surface area contributed by atoms with Gasteiger partial charge in [0.15, 0.2) is 0 Å². The Bertz CT molecular complexity index is 396. The lowest BCUT2D eigenvalue weighted by molar-refractivity contribution is 0.244. The molecule has 0 radical (unpaired) electrons. The average Bonchev–Trinajstić information content (AvgIpc) is 2.08. The Morgan fingerprint density at radius 3 is 2.44 bits per heavy atom. The molecule has 88 valence electrons. The molecule has 16 heavy (non-hydrogen) atoms. The van der Waals surface area contributed by atoms with Crippen molar-refractivity contribution in [2.75, 3.05) is 5.32 Å². The van der Waals surface area contributed by atoms with E-state index in [1.807, 2.05) is 45.9 Å². The van der Waals surface area contributed by atoms with E-state index >= 15 is 0 Å². The van der Waals surface area contributed by atoms with Gasteiger partial charge in [0.25, 0.3) is 0 Å². The molecule has 0 saturated carbocycles. The van der Waals surface area contributed by atoms with Gasteiger partial charge < -0.3 is 10.6 Å². The van der Waals surface area contributed by atoms with Gasteiger partial charge in [-0.05, 0) is 45.4 Å². The van der Waals surface area contributed by atoms with Crippen molar-refractivity contribution in [3.63, 3.8) is 0 Å². The molecule has 2 N–H and O–H groups in total. The molecule has 0 aliphatic rings. The first-order valence-electron chi connectivity index (χ1n) is 5.13. The van der Waals surface area contributed by atoms with E-state index in [1.54, 1.807) is 0 Å². The molecule has 0 bridgehead atoms. The van der Waals surface area contributed by atoms with Crippen LogP contribution in [0.5, 0.6) is 0 Å². The normalized spacial score (nSPS) is 11.1. The Hall–Kier alpha value is -1.03. The van der Waals surface area contributed by atoms with Crippen LogP contribution in [0.15, 0.2) is 22.7 Å². The Morgan fingerprint density at radius 1 is 1.31 bits per heavy atom. The van der Waals surface area contributed by atoms with Crippen molar-refractivity contribution >= 4 is 27.6 Å². The fourth-order valence-electron chi connectivity index (χ4n) is 1.17. The zero-order chi connectivity index (χ0) is 12.3. The minimum atomic E-state index is -0.230. The van der Waals surface area contributed by atoms with Gasteiger partial charge in [0.1, 0.15) is 0 Å². The van der Waals surface area contributed by atoms with Crippen molar-refractivity contribution in [3.8, 4) is 0 Å². The maximum Gasteiger partial charge on any atom is 0.319 e. The molecular formula is C12H17BrN2O. The number of aryl methyl sites for hydroxylation is 1. The van der Waals surface area contributed by atoms with E-state index in [1.165, 1.54) is 0 Å². The van der Waals surface area contributed by atoms with Crippen LogP contribution in [0, 0.1) is 6.92 Å². The second-order valence-corrected chi connectivity index (χ2v) is 5.65. The average molecular weight is 285 g/mol. The van der Waals surface area contributed by atoms with Gasteiger partial charge >= 0.3 is 6.03 Å². The summed E-state index contributed by atoms with van der Waals surface area (Å²) in [6.45, 7) is 7.83. The van der Waals surface area contributed by atoms with Crippen molar-refractivity contribution in [3.05, 3.63) is 28.2 Å². The second kappa shape index (κ2) is 4.87. The van der Waals surface area contributed by atoms with Crippen LogP contribution >= 0.6 is 15.9 Å². The predicted octanol–water partition coefficient (Wildman–Crippen LogP) is 3.68. The van der Waals surface area contributed by atoms with Crippen LogP contribution in [0.25, 0.3) is 0 Å². The molecule has 0 saturated heterocycles. The minimum absolute atomic E-state index is 0.191. The van der Waals surface area contributed by atoms with Gasteiger partial charge in [-0.1, -0.05) is 22.0 Å². The van der Waals surface area contributed by atoms with Gasteiger partial charge in [-0.2, -0.15) is 0 Å². The Balaban J connectivity index is 2.67. The third-order valence-corrected chi connectivity index (χ3v) is 2.77. The molecule has 0 unspecified atom stereocenters. The topological polar surface area (TPSA) is 41.1 Å². The highest BCUT2D eigenvalue weighted by Gasteiger charge is 2.13. The lowest BCUT2D eigenvalue weighted by Gasteiger charge is -2.20. The standard InChI is InChI=1S/C12H17BrN2O/c1-8-5-6-9(7-10(8)13)14-11(16)15-12(2,3)4/h5-7H,1-4H3,(H2,14,15,16). The van der Waals surface area contributed by atoms with Gasteiger partial charge in [0, 0.05) is 15.7 Å². The van der Waals surface area contributed by atoms with Crippen LogP contribution < -0.4 is 10.6 Å². The number of amides is 2. The molecule has 0 atom stereocenters. The lowest BCUT2D eigenvalue weighted by Crippen LogP contribution is -2.43. The minimum Gasteiger partial charge on any atom is -0.333 e. The number of nitrogens with one attached hydrogen (secondary N) is 2. The smallest absolute Gasteiger partial charge is 0.319 e. The van der Waals surface area contributed by atoms with Crippen molar-refractivity contribution in [2.24, 2.45) is 0 Å². The maximum atomic E-state index is 11.6. The number of hydrogen-bond acceptors (Lipinski definition) is 1. The molecule has 1 aromatic carbocycles. The monoisotopic (exact) mass is 284 g/mol. The third kappa shape index (κ3) is 4.23. The van der Waals surface area contributed by atoms with E-state index in [-0.39, 0.29) is 11.6 Å². The molecule has 2 amide bonds. The van der Waals surface area contributed by atoms with Crippen molar-refractivity contribution in [1.29, 1.82) is 0 Å². The number of hydrogen-bond donors (Lipinski definition) is 2. The van der Waals surface area contributed by atoms with E-state index < -0.39 is 0 Å². The van der Waals surface area contributed by atoms with Crippen LogP contribution in [-0.4, -0.2) is 11.6 Å². The van der Waals surface area contributed by atoms with Gasteiger partial charge in [-0.3, -0.25) is 0 Å². The largest absolute Gasteiger partial charge is 0.333 e. The molecule has 0 heterocycles. The van der Waals surface area contributed by atoms with Crippen LogP contribution in [-0.2, 0) is 0 Å². The first kappa shape index (κ1) is 13.0. The highest BCUT2D eigenvalue weighted by molar-refractivity contribution is 9.10. The van der Waals surface area contributed by atoms with E-state index in [0.717, 1.165) is 15.7 Å². The summed E-state index contributed by atoms with van der Waals surface area (Å²) in [4.78, 5) is 11.6. The van der Waals surface area contributed by atoms with Crippen LogP contribution in [0.2, 0.25) is 0 Å². The molecule has 0 aliphatic heterocycles. The predicted molar refractivity (Wildman–Crippen MR) is 70.8 cm³/mol. The first-order valence-corrected chi connectivity index (χ1v) is 5.92. The van der Waals surface area contributed by atoms with Crippen molar-refractivity contribution in [2.45, 2.75) is 33.2 Å². The quantitative estimate of drug-likeness (QED) is 0.812.